The highest BCUT2D eigenvalue weighted by Gasteiger charge is 2.21. The van der Waals surface area contributed by atoms with Gasteiger partial charge in [-0.05, 0) is 48.1 Å². The maximum atomic E-state index is 13.5. The van der Waals surface area contributed by atoms with Gasteiger partial charge in [-0.1, -0.05) is 78.9 Å². The SMILES string of the molecule is CNC(=O)/C=C/[C@H](Cc1ccccc1)NC(=O)[C@@H](CCCNC(=O)OCc1ccccc1)NCc1ccc(OC)cc1. The van der Waals surface area contributed by atoms with Gasteiger partial charge < -0.3 is 30.7 Å². The summed E-state index contributed by atoms with van der Waals surface area (Å²) in [6.07, 6.45) is 4.17. The number of methoxy groups -OCH3 is 1. The molecule has 2 atom stereocenters. The largest absolute Gasteiger partial charge is 0.497 e. The second-order valence-corrected chi connectivity index (χ2v) is 9.69. The topological polar surface area (TPSA) is 118 Å². The van der Waals surface area contributed by atoms with Crippen LogP contribution in [0, 0.1) is 0 Å². The zero-order valence-corrected chi connectivity index (χ0v) is 24.2. The zero-order valence-electron chi connectivity index (χ0n) is 24.2. The fourth-order valence-electron chi connectivity index (χ4n) is 4.19. The molecular weight excluding hydrogens is 532 g/mol. The van der Waals surface area contributed by atoms with Crippen LogP contribution in [-0.4, -0.2) is 50.7 Å². The second kappa shape index (κ2) is 17.9. The summed E-state index contributed by atoms with van der Waals surface area (Å²) < 4.78 is 10.5. The minimum Gasteiger partial charge on any atom is -0.497 e. The highest BCUT2D eigenvalue weighted by Crippen LogP contribution is 2.12. The van der Waals surface area contributed by atoms with Crippen molar-refractivity contribution in [1.29, 1.82) is 0 Å². The van der Waals surface area contributed by atoms with Crippen LogP contribution in [-0.2, 0) is 33.9 Å². The number of ether oxygens (including phenoxy) is 2. The highest BCUT2D eigenvalue weighted by atomic mass is 16.5. The van der Waals surface area contributed by atoms with Crippen LogP contribution in [0.2, 0.25) is 0 Å². The number of carbonyl (C=O) groups is 3. The summed E-state index contributed by atoms with van der Waals surface area (Å²) in [7, 11) is 3.17. The summed E-state index contributed by atoms with van der Waals surface area (Å²) in [5.74, 6) is 0.310. The first kappa shape index (κ1) is 31.9. The van der Waals surface area contributed by atoms with Crippen molar-refractivity contribution < 1.29 is 23.9 Å². The number of alkyl carbamates (subject to hydrolysis) is 1. The van der Waals surface area contributed by atoms with Crippen molar-refractivity contribution in [2.45, 2.75) is 44.5 Å². The molecule has 0 radical (unpaired) electrons. The summed E-state index contributed by atoms with van der Waals surface area (Å²) in [5, 5.41) is 11.8. The number of carbonyl (C=O) groups excluding carboxylic acids is 3. The molecule has 9 heteroatoms. The van der Waals surface area contributed by atoms with E-state index < -0.39 is 18.2 Å². The predicted molar refractivity (Wildman–Crippen MR) is 163 cm³/mol. The van der Waals surface area contributed by atoms with Gasteiger partial charge in [0.25, 0.3) is 0 Å². The third kappa shape index (κ3) is 11.9. The lowest BCUT2D eigenvalue weighted by Gasteiger charge is -2.22. The molecule has 0 aliphatic carbocycles. The molecule has 0 aliphatic rings. The van der Waals surface area contributed by atoms with Gasteiger partial charge >= 0.3 is 6.09 Å². The number of hydrogen-bond donors (Lipinski definition) is 4. The number of likely N-dealkylation sites (N-methyl/N-ethyl adjacent to an activating group) is 1. The Bertz CT molecular complexity index is 1270. The molecule has 4 N–H and O–H groups in total. The van der Waals surface area contributed by atoms with E-state index in [4.69, 9.17) is 9.47 Å². The molecule has 3 aromatic rings. The molecule has 0 unspecified atom stereocenters. The zero-order chi connectivity index (χ0) is 30.0. The lowest BCUT2D eigenvalue weighted by molar-refractivity contribution is -0.124. The number of benzene rings is 3. The molecule has 0 aromatic heterocycles. The summed E-state index contributed by atoms with van der Waals surface area (Å²) in [5.41, 5.74) is 2.93. The average Bonchev–Trinajstić information content (AvgIpc) is 3.03. The van der Waals surface area contributed by atoms with Crippen LogP contribution in [0.15, 0.2) is 97.1 Å². The molecule has 0 heterocycles. The van der Waals surface area contributed by atoms with Gasteiger partial charge in [-0.25, -0.2) is 4.79 Å². The maximum absolute atomic E-state index is 13.5. The van der Waals surface area contributed by atoms with E-state index >= 15 is 0 Å². The third-order valence-corrected chi connectivity index (χ3v) is 6.53. The number of amides is 3. The quantitative estimate of drug-likeness (QED) is 0.153. The van der Waals surface area contributed by atoms with E-state index in [0.29, 0.717) is 32.4 Å². The van der Waals surface area contributed by atoms with Crippen LogP contribution in [0.1, 0.15) is 29.5 Å². The van der Waals surface area contributed by atoms with Crippen LogP contribution in [0.3, 0.4) is 0 Å². The second-order valence-electron chi connectivity index (χ2n) is 9.69. The lowest BCUT2D eigenvalue weighted by Crippen LogP contribution is -2.48. The molecule has 42 heavy (non-hydrogen) atoms. The van der Waals surface area contributed by atoms with Gasteiger partial charge in [0, 0.05) is 26.2 Å². The molecule has 3 aromatic carbocycles. The van der Waals surface area contributed by atoms with Crippen LogP contribution in [0.25, 0.3) is 0 Å². The van der Waals surface area contributed by atoms with Gasteiger partial charge in [0.1, 0.15) is 12.4 Å². The van der Waals surface area contributed by atoms with Gasteiger partial charge in [0.2, 0.25) is 11.8 Å². The molecule has 3 rings (SSSR count). The van der Waals surface area contributed by atoms with Gasteiger partial charge in [0.05, 0.1) is 19.2 Å². The van der Waals surface area contributed by atoms with Gasteiger partial charge in [0.15, 0.2) is 0 Å². The lowest BCUT2D eigenvalue weighted by atomic mass is 10.0. The summed E-state index contributed by atoms with van der Waals surface area (Å²) in [6.45, 7) is 1.01. The average molecular weight is 573 g/mol. The number of hydrogen-bond acceptors (Lipinski definition) is 6. The molecular formula is C33H40N4O5. The van der Waals surface area contributed by atoms with Crippen LogP contribution in [0.5, 0.6) is 5.75 Å². The van der Waals surface area contributed by atoms with Crippen LogP contribution >= 0.6 is 0 Å². The van der Waals surface area contributed by atoms with E-state index in [9.17, 15) is 14.4 Å². The first-order valence-corrected chi connectivity index (χ1v) is 14.0. The van der Waals surface area contributed by atoms with E-state index in [-0.39, 0.29) is 18.4 Å². The molecule has 0 bridgehead atoms. The first-order valence-electron chi connectivity index (χ1n) is 14.0. The Morgan fingerprint density at radius 2 is 1.52 bits per heavy atom. The van der Waals surface area contributed by atoms with E-state index in [1.807, 2.05) is 84.9 Å². The minimum absolute atomic E-state index is 0.188. The Labute approximate surface area is 247 Å². The molecule has 222 valence electrons. The van der Waals surface area contributed by atoms with Crippen molar-refractivity contribution in [2.75, 3.05) is 20.7 Å². The van der Waals surface area contributed by atoms with Gasteiger partial charge in [-0.2, -0.15) is 0 Å². The van der Waals surface area contributed by atoms with E-state index in [1.54, 1.807) is 20.2 Å². The Hall–Kier alpha value is -4.63. The monoisotopic (exact) mass is 572 g/mol. The van der Waals surface area contributed by atoms with Crippen molar-refractivity contribution in [2.24, 2.45) is 0 Å². The van der Waals surface area contributed by atoms with Crippen LogP contribution < -0.4 is 26.0 Å². The predicted octanol–water partition coefficient (Wildman–Crippen LogP) is 3.89. The van der Waals surface area contributed by atoms with Crippen molar-refractivity contribution >= 4 is 17.9 Å². The van der Waals surface area contributed by atoms with E-state index in [0.717, 1.165) is 22.4 Å². The normalized spacial score (nSPS) is 12.2. The molecule has 9 nitrogen and oxygen atoms in total. The number of rotatable bonds is 16. The standard InChI is InChI=1S/C33H40N4O5/c1-34-31(38)20-17-28(22-25-10-5-3-6-11-25)37-32(39)30(36-23-26-15-18-29(41-2)19-16-26)14-9-21-35-33(40)42-24-27-12-7-4-8-13-27/h3-8,10-13,15-20,28,30,36H,9,14,21-24H2,1-2H3,(H,34,38)(H,35,40)(H,37,39)/b20-17+/t28-,30-/m1/s1. The van der Waals surface area contributed by atoms with Crippen molar-refractivity contribution in [3.63, 3.8) is 0 Å². The smallest absolute Gasteiger partial charge is 0.407 e. The van der Waals surface area contributed by atoms with Crippen molar-refractivity contribution in [3.05, 3.63) is 114 Å². The Kier molecular flexibility index (Phi) is 13.6. The minimum atomic E-state index is -0.541. The fraction of sp³-hybridized carbons (Fsp3) is 0.303. The molecule has 0 saturated carbocycles. The third-order valence-electron chi connectivity index (χ3n) is 6.53. The van der Waals surface area contributed by atoms with Crippen LogP contribution in [0.4, 0.5) is 4.79 Å². The summed E-state index contributed by atoms with van der Waals surface area (Å²) in [4.78, 5) is 37.6. The van der Waals surface area contributed by atoms with Crippen molar-refractivity contribution in [1.82, 2.24) is 21.3 Å². The molecule has 0 fully saturated rings. The Balaban J connectivity index is 1.61. The molecule has 0 saturated heterocycles. The summed E-state index contributed by atoms with van der Waals surface area (Å²) >= 11 is 0. The van der Waals surface area contributed by atoms with Gasteiger partial charge in [-0.3, -0.25) is 9.59 Å². The molecule has 3 amide bonds. The summed E-state index contributed by atoms with van der Waals surface area (Å²) in [6, 6.07) is 25.9. The molecule has 0 spiro atoms. The highest BCUT2D eigenvalue weighted by molar-refractivity contribution is 5.87. The number of nitrogens with one attached hydrogen (secondary N) is 4. The van der Waals surface area contributed by atoms with E-state index in [2.05, 4.69) is 21.3 Å². The Morgan fingerprint density at radius 1 is 0.857 bits per heavy atom. The van der Waals surface area contributed by atoms with Crippen molar-refractivity contribution in [3.8, 4) is 5.75 Å². The Morgan fingerprint density at radius 3 is 2.17 bits per heavy atom. The van der Waals surface area contributed by atoms with Gasteiger partial charge in [-0.15, -0.1) is 0 Å². The maximum Gasteiger partial charge on any atom is 0.407 e. The fourth-order valence-corrected chi connectivity index (χ4v) is 4.19. The van der Waals surface area contributed by atoms with E-state index in [1.165, 1.54) is 6.08 Å². The first-order chi connectivity index (χ1) is 20.5. The molecule has 0 aliphatic heterocycles.